The van der Waals surface area contributed by atoms with Crippen LogP contribution in [-0.2, 0) is 52.2 Å². The molecule has 0 heterocycles. The normalized spacial score (nSPS) is 11.3. The van der Waals surface area contributed by atoms with E-state index in [1.54, 1.807) is 77.1 Å². The summed E-state index contributed by atoms with van der Waals surface area (Å²) in [5.74, 6) is -1.41. The summed E-state index contributed by atoms with van der Waals surface area (Å²) < 4.78 is 63.1. The summed E-state index contributed by atoms with van der Waals surface area (Å²) in [6.07, 6.45) is 9.01. The minimum atomic E-state index is -3.79. The van der Waals surface area contributed by atoms with E-state index in [1.807, 2.05) is 79.7 Å². The predicted molar refractivity (Wildman–Crippen MR) is 271 cm³/mol. The average Bonchev–Trinajstić information content (AvgIpc) is 3.35. The van der Waals surface area contributed by atoms with Crippen molar-refractivity contribution < 1.29 is 41.4 Å². The number of rotatable bonds is 24. The van der Waals surface area contributed by atoms with Crippen LogP contribution in [0.2, 0.25) is 0 Å². The maximum absolute atomic E-state index is 13.8. The molecule has 0 radical (unpaired) electrons. The number of hydrogen-bond donors (Lipinski definition) is 2. The fraction of sp³-hybridized carbons (Fsp3) is 0.309. The van der Waals surface area contributed by atoms with Gasteiger partial charge in [0.1, 0.15) is 5.75 Å². The van der Waals surface area contributed by atoms with Crippen molar-refractivity contribution in [3.63, 3.8) is 0 Å². The molecule has 68 heavy (non-hydrogen) atoms. The molecule has 0 bridgehead atoms. The van der Waals surface area contributed by atoms with Crippen molar-refractivity contribution in [3.8, 4) is 5.75 Å². The molecule has 0 aliphatic heterocycles. The molecule has 11 nitrogen and oxygen atoms in total. The Morgan fingerprint density at radius 3 is 1.31 bits per heavy atom. The number of methoxy groups -OCH3 is 1. The van der Waals surface area contributed by atoms with Gasteiger partial charge < -0.3 is 14.9 Å². The number of para-hydroxylation sites is 2. The Bertz CT molecular complexity index is 2780. The minimum Gasteiger partial charge on any atom is -0.497 e. The molecule has 0 amide bonds. The lowest BCUT2D eigenvalue weighted by Crippen LogP contribution is -2.33. The first-order chi connectivity index (χ1) is 32.7. The van der Waals surface area contributed by atoms with Gasteiger partial charge in [-0.05, 0) is 140 Å². The zero-order valence-corrected chi connectivity index (χ0v) is 41.1. The lowest BCUT2D eigenvalue weighted by Gasteiger charge is -2.27. The molecule has 360 valence electrons. The number of benzene rings is 6. The van der Waals surface area contributed by atoms with Crippen LogP contribution < -0.4 is 13.3 Å². The van der Waals surface area contributed by atoms with E-state index in [0.29, 0.717) is 60.8 Å². The number of sulfonamides is 2. The number of unbranched alkanes of at least 4 members (excludes halogenated alkanes) is 3. The summed E-state index contributed by atoms with van der Waals surface area (Å²) in [6, 6.07) is 42.7. The van der Waals surface area contributed by atoms with Gasteiger partial charge in [0, 0.05) is 19.2 Å². The van der Waals surface area contributed by atoms with Crippen LogP contribution in [0.15, 0.2) is 155 Å². The van der Waals surface area contributed by atoms with Crippen molar-refractivity contribution in [2.24, 2.45) is 0 Å². The largest absolute Gasteiger partial charge is 0.497 e. The molecule has 0 saturated heterocycles. The first-order valence-corrected chi connectivity index (χ1v) is 26.2. The number of carboxylic acid groups (broad SMARTS) is 2. The highest BCUT2D eigenvalue weighted by Crippen LogP contribution is 2.32. The Balaban J connectivity index is 0.000000255. The third-order valence-corrected chi connectivity index (χ3v) is 15.3. The molecule has 13 heteroatoms. The summed E-state index contributed by atoms with van der Waals surface area (Å²) in [4.78, 5) is 22.7. The van der Waals surface area contributed by atoms with Crippen molar-refractivity contribution in [2.45, 2.75) is 101 Å². The Kier molecular flexibility index (Phi) is 19.8. The third-order valence-electron chi connectivity index (χ3n) is 11.7. The van der Waals surface area contributed by atoms with Gasteiger partial charge >= 0.3 is 11.9 Å². The molecule has 2 N–H and O–H groups in total. The van der Waals surface area contributed by atoms with Gasteiger partial charge in [-0.3, -0.25) is 8.61 Å². The average molecular weight is 961 g/mol. The molecular weight excluding hydrogens is 897 g/mol. The summed E-state index contributed by atoms with van der Waals surface area (Å²) >= 11 is 0. The zero-order valence-electron chi connectivity index (χ0n) is 39.5. The van der Waals surface area contributed by atoms with Crippen LogP contribution in [0.4, 0.5) is 11.4 Å². The summed E-state index contributed by atoms with van der Waals surface area (Å²) in [5.41, 5.74) is 6.90. The maximum atomic E-state index is 13.8. The second-order valence-corrected chi connectivity index (χ2v) is 20.3. The highest BCUT2D eigenvalue weighted by molar-refractivity contribution is 7.93. The van der Waals surface area contributed by atoms with Crippen molar-refractivity contribution in [1.29, 1.82) is 0 Å². The molecule has 0 aliphatic rings. The predicted octanol–water partition coefficient (Wildman–Crippen LogP) is 11.7. The second-order valence-electron chi connectivity index (χ2n) is 16.5. The van der Waals surface area contributed by atoms with Gasteiger partial charge in [-0.1, -0.05) is 119 Å². The minimum absolute atomic E-state index is 0.192. The fourth-order valence-corrected chi connectivity index (χ4v) is 10.8. The summed E-state index contributed by atoms with van der Waals surface area (Å²) in [5, 5.41) is 18.2. The van der Waals surface area contributed by atoms with E-state index in [-0.39, 0.29) is 16.0 Å². The van der Waals surface area contributed by atoms with Crippen LogP contribution in [-0.4, -0.2) is 59.2 Å². The number of nitrogens with zero attached hydrogens (tertiary/aromatic N) is 2. The van der Waals surface area contributed by atoms with E-state index in [1.165, 1.54) is 11.4 Å². The number of carboxylic acids is 2. The number of hydrogen-bond acceptors (Lipinski definition) is 7. The molecule has 6 rings (SSSR count). The smallest absolute Gasteiger partial charge is 0.335 e. The van der Waals surface area contributed by atoms with E-state index in [9.17, 15) is 26.4 Å². The maximum Gasteiger partial charge on any atom is 0.335 e. The fourth-order valence-electron chi connectivity index (χ4n) is 7.69. The van der Waals surface area contributed by atoms with Crippen molar-refractivity contribution >= 4 is 43.4 Å². The Labute approximate surface area is 403 Å². The number of aromatic carboxylic acids is 2. The molecule has 0 spiro atoms. The van der Waals surface area contributed by atoms with E-state index in [0.717, 1.165) is 72.8 Å². The standard InChI is InChI=1S/C29H35NO4S.C26H29NO5S/c1-3-5-9-23-15-20-27(21-16-23)35(33,34)30(22-6-4-2)28-11-8-7-10-25(28)17-12-24-13-18-26(19-14-24)29(31)32;1-3-4-18-27(33(30,31)24-10-7-9-23(19-24)32-2)25-11-6-5-8-21(25)15-12-20-13-16-22(17-14-20)26(28)29/h7-8,10-11,13-16,18-21H,3-6,9,12,17,22H2,1-2H3,(H,31,32);5-11,13-14,16-17,19H,3-4,12,15,18H2,1-2H3,(H,28,29). The zero-order chi connectivity index (χ0) is 49.1. The molecule has 0 aliphatic carbocycles. The van der Waals surface area contributed by atoms with E-state index in [2.05, 4.69) is 13.8 Å². The van der Waals surface area contributed by atoms with Crippen LogP contribution in [0.3, 0.4) is 0 Å². The quantitative estimate of drug-likeness (QED) is 0.0602. The van der Waals surface area contributed by atoms with Crippen LogP contribution in [0, 0.1) is 0 Å². The molecule has 0 atom stereocenters. The second kappa shape index (κ2) is 25.6. The van der Waals surface area contributed by atoms with E-state index in [4.69, 9.17) is 14.9 Å². The van der Waals surface area contributed by atoms with E-state index < -0.39 is 32.0 Å². The van der Waals surface area contributed by atoms with Crippen molar-refractivity contribution in [1.82, 2.24) is 0 Å². The number of aryl methyl sites for hydroxylation is 5. The van der Waals surface area contributed by atoms with Gasteiger partial charge in [0.05, 0.1) is 39.4 Å². The Hall–Kier alpha value is -6.44. The highest BCUT2D eigenvalue weighted by atomic mass is 32.2. The van der Waals surface area contributed by atoms with Gasteiger partial charge in [0.2, 0.25) is 0 Å². The number of anilines is 2. The van der Waals surface area contributed by atoms with Gasteiger partial charge in [-0.25, -0.2) is 26.4 Å². The highest BCUT2D eigenvalue weighted by Gasteiger charge is 2.28. The first-order valence-electron chi connectivity index (χ1n) is 23.3. The monoisotopic (exact) mass is 960 g/mol. The van der Waals surface area contributed by atoms with Gasteiger partial charge in [-0.15, -0.1) is 0 Å². The molecular formula is C55H64N2O9S2. The molecule has 0 saturated carbocycles. The SMILES string of the molecule is CCCCN(c1ccccc1CCc1ccc(C(=O)O)cc1)S(=O)(=O)c1cccc(OC)c1.CCCCc1ccc(S(=O)(=O)N(CCCC)c2ccccc2CCc2ccc(C(=O)O)cc2)cc1. The number of ether oxygens (including phenoxy) is 1. The van der Waals surface area contributed by atoms with Gasteiger partial charge in [0.25, 0.3) is 20.0 Å². The van der Waals surface area contributed by atoms with Gasteiger partial charge in [-0.2, -0.15) is 0 Å². The molecule has 0 fully saturated rings. The molecule has 0 aromatic heterocycles. The topological polar surface area (TPSA) is 159 Å². The molecule has 0 unspecified atom stereocenters. The van der Waals surface area contributed by atoms with Crippen molar-refractivity contribution in [2.75, 3.05) is 28.8 Å². The lowest BCUT2D eigenvalue weighted by atomic mass is 10.0. The molecule has 6 aromatic rings. The van der Waals surface area contributed by atoms with Gasteiger partial charge in [0.15, 0.2) is 0 Å². The first kappa shape index (κ1) is 52.5. The summed E-state index contributed by atoms with van der Waals surface area (Å²) in [7, 11) is -5.99. The van der Waals surface area contributed by atoms with Crippen LogP contribution in [0.1, 0.15) is 108 Å². The third kappa shape index (κ3) is 14.3. The van der Waals surface area contributed by atoms with Crippen LogP contribution in [0.25, 0.3) is 0 Å². The molecule has 6 aromatic carbocycles. The lowest BCUT2D eigenvalue weighted by molar-refractivity contribution is 0.0686. The van der Waals surface area contributed by atoms with Crippen molar-refractivity contribution in [3.05, 3.63) is 185 Å². The Morgan fingerprint density at radius 1 is 0.471 bits per heavy atom. The number of carbonyl (C=O) groups is 2. The van der Waals surface area contributed by atoms with Crippen LogP contribution in [0.5, 0.6) is 5.75 Å². The summed E-state index contributed by atoms with van der Waals surface area (Å²) in [6.45, 7) is 7.02. The van der Waals surface area contributed by atoms with Crippen LogP contribution >= 0.6 is 0 Å². The Morgan fingerprint density at radius 2 is 0.882 bits per heavy atom. The van der Waals surface area contributed by atoms with E-state index >= 15 is 0 Å².